The van der Waals surface area contributed by atoms with Crippen LogP contribution in [0.2, 0.25) is 5.02 Å². The van der Waals surface area contributed by atoms with E-state index in [4.69, 9.17) is 11.6 Å². The van der Waals surface area contributed by atoms with E-state index in [9.17, 15) is 10.1 Å². The van der Waals surface area contributed by atoms with Crippen molar-refractivity contribution in [2.75, 3.05) is 0 Å². The maximum absolute atomic E-state index is 11.0. The Morgan fingerprint density at radius 2 is 1.67 bits per heavy atom. The molecule has 0 bridgehead atoms. The topological polar surface area (TPSA) is 73.8 Å². The highest BCUT2D eigenvalue weighted by Gasteiger charge is 2.16. The van der Waals surface area contributed by atoms with E-state index in [1.807, 2.05) is 53.1 Å². The van der Waals surface area contributed by atoms with Crippen molar-refractivity contribution in [2.45, 2.75) is 17.3 Å². The third kappa shape index (κ3) is 4.69. The van der Waals surface area contributed by atoms with Crippen LogP contribution in [0.15, 0.2) is 84.0 Å². The highest BCUT2D eigenvalue weighted by molar-refractivity contribution is 7.98. The average molecular weight is 437 g/mol. The molecule has 0 atom stereocenters. The smallest absolute Gasteiger partial charge is 0.269 e. The molecule has 8 heteroatoms. The van der Waals surface area contributed by atoms with Crippen LogP contribution in [-0.4, -0.2) is 19.7 Å². The van der Waals surface area contributed by atoms with Gasteiger partial charge in [0.05, 0.1) is 4.92 Å². The van der Waals surface area contributed by atoms with Crippen LogP contribution in [0, 0.1) is 10.1 Å². The number of hydrogen-bond acceptors (Lipinski definition) is 5. The first-order valence-corrected chi connectivity index (χ1v) is 10.6. The maximum atomic E-state index is 11.0. The van der Waals surface area contributed by atoms with Crippen LogP contribution in [-0.2, 0) is 12.2 Å². The van der Waals surface area contributed by atoms with E-state index in [2.05, 4.69) is 22.3 Å². The fourth-order valence-corrected chi connectivity index (χ4v) is 4.08. The molecule has 0 radical (unpaired) electrons. The molecule has 0 aliphatic carbocycles. The van der Waals surface area contributed by atoms with Gasteiger partial charge in [0.15, 0.2) is 5.16 Å². The standard InChI is InChI=1S/C22H17ClN4O2S/c23-18-9-11-19(12-10-18)26-21(14-16-5-2-1-3-6-16)24-25-22(26)30-15-17-7-4-8-20(13-17)27(28)29/h1-13H,14-15H2. The second-order valence-electron chi connectivity index (χ2n) is 6.59. The zero-order chi connectivity index (χ0) is 20.9. The number of nitrogens with zero attached hydrogens (tertiary/aromatic N) is 4. The molecule has 0 fully saturated rings. The summed E-state index contributed by atoms with van der Waals surface area (Å²) in [4.78, 5) is 10.6. The summed E-state index contributed by atoms with van der Waals surface area (Å²) in [5, 5.41) is 21.2. The quantitative estimate of drug-likeness (QED) is 0.210. The van der Waals surface area contributed by atoms with Gasteiger partial charge in [-0.1, -0.05) is 65.8 Å². The fraction of sp³-hybridized carbons (Fsp3) is 0.0909. The number of non-ortho nitro benzene ring substituents is 1. The van der Waals surface area contributed by atoms with Gasteiger partial charge >= 0.3 is 0 Å². The summed E-state index contributed by atoms with van der Waals surface area (Å²) in [6, 6.07) is 24.2. The van der Waals surface area contributed by atoms with Crippen molar-refractivity contribution in [2.24, 2.45) is 0 Å². The largest absolute Gasteiger partial charge is 0.274 e. The normalized spacial score (nSPS) is 10.8. The Hall–Kier alpha value is -3.16. The lowest BCUT2D eigenvalue weighted by Gasteiger charge is -2.11. The number of rotatable bonds is 7. The van der Waals surface area contributed by atoms with Crippen molar-refractivity contribution >= 4 is 29.1 Å². The van der Waals surface area contributed by atoms with E-state index < -0.39 is 0 Å². The third-order valence-electron chi connectivity index (χ3n) is 4.48. The molecule has 4 rings (SSSR count). The predicted octanol–water partition coefficient (Wildman–Crippen LogP) is 5.71. The van der Waals surface area contributed by atoms with Crippen molar-refractivity contribution < 1.29 is 4.92 Å². The number of nitro benzene ring substituents is 1. The van der Waals surface area contributed by atoms with Gasteiger partial charge in [0, 0.05) is 35.0 Å². The summed E-state index contributed by atoms with van der Waals surface area (Å²) in [6.45, 7) is 0. The van der Waals surface area contributed by atoms with Gasteiger partial charge in [0.2, 0.25) is 0 Å². The van der Waals surface area contributed by atoms with Crippen molar-refractivity contribution in [3.8, 4) is 5.69 Å². The van der Waals surface area contributed by atoms with Crippen LogP contribution >= 0.6 is 23.4 Å². The lowest BCUT2D eigenvalue weighted by atomic mass is 10.1. The molecule has 0 N–H and O–H groups in total. The number of halogens is 1. The number of hydrogen-bond donors (Lipinski definition) is 0. The molecule has 6 nitrogen and oxygen atoms in total. The lowest BCUT2D eigenvalue weighted by molar-refractivity contribution is -0.384. The van der Waals surface area contributed by atoms with E-state index in [1.54, 1.807) is 12.1 Å². The first-order valence-electron chi connectivity index (χ1n) is 9.20. The molecule has 0 spiro atoms. The van der Waals surface area contributed by atoms with Crippen molar-refractivity contribution in [3.05, 3.63) is 111 Å². The van der Waals surface area contributed by atoms with Crippen molar-refractivity contribution in [1.29, 1.82) is 0 Å². The lowest BCUT2D eigenvalue weighted by Crippen LogP contribution is -2.04. The average Bonchev–Trinajstić information content (AvgIpc) is 3.16. The van der Waals surface area contributed by atoms with E-state index in [0.29, 0.717) is 17.2 Å². The summed E-state index contributed by atoms with van der Waals surface area (Å²) in [7, 11) is 0. The zero-order valence-corrected chi connectivity index (χ0v) is 17.4. The summed E-state index contributed by atoms with van der Waals surface area (Å²) < 4.78 is 2.01. The zero-order valence-electron chi connectivity index (χ0n) is 15.8. The number of benzene rings is 3. The van der Waals surface area contributed by atoms with E-state index in [0.717, 1.165) is 27.8 Å². The number of nitro groups is 1. The summed E-state index contributed by atoms with van der Waals surface area (Å²) in [6.07, 6.45) is 0.633. The molecule has 1 heterocycles. The Morgan fingerprint density at radius 3 is 2.40 bits per heavy atom. The summed E-state index contributed by atoms with van der Waals surface area (Å²) >= 11 is 7.55. The Kier molecular flexibility index (Phi) is 6.11. The van der Waals surface area contributed by atoms with E-state index in [1.165, 1.54) is 17.8 Å². The van der Waals surface area contributed by atoms with Gasteiger partial charge in [-0.2, -0.15) is 0 Å². The van der Waals surface area contributed by atoms with Crippen LogP contribution in [0.1, 0.15) is 17.0 Å². The molecule has 0 amide bonds. The van der Waals surface area contributed by atoms with Gasteiger partial charge in [0.25, 0.3) is 5.69 Å². The maximum Gasteiger partial charge on any atom is 0.269 e. The molecule has 4 aromatic rings. The Bertz CT molecular complexity index is 1160. The van der Waals surface area contributed by atoms with Crippen LogP contribution in [0.25, 0.3) is 5.69 Å². The number of aromatic nitrogens is 3. The predicted molar refractivity (Wildman–Crippen MR) is 118 cm³/mol. The van der Waals surface area contributed by atoms with Crippen LogP contribution in [0.3, 0.4) is 0 Å². The van der Waals surface area contributed by atoms with E-state index >= 15 is 0 Å². The van der Waals surface area contributed by atoms with Gasteiger partial charge < -0.3 is 0 Å². The SMILES string of the molecule is O=[N+]([O-])c1cccc(CSc2nnc(Cc3ccccc3)n2-c2ccc(Cl)cc2)c1. The molecule has 0 unspecified atom stereocenters. The first-order chi connectivity index (χ1) is 14.6. The highest BCUT2D eigenvalue weighted by Crippen LogP contribution is 2.28. The summed E-state index contributed by atoms with van der Waals surface area (Å²) in [5.41, 5.74) is 2.98. The summed E-state index contributed by atoms with van der Waals surface area (Å²) in [5.74, 6) is 1.35. The first kappa shape index (κ1) is 20.1. The van der Waals surface area contributed by atoms with Gasteiger partial charge in [-0.3, -0.25) is 14.7 Å². The molecule has 30 heavy (non-hydrogen) atoms. The minimum absolute atomic E-state index is 0.0806. The molecule has 1 aromatic heterocycles. The Morgan fingerprint density at radius 1 is 0.933 bits per heavy atom. The molecular formula is C22H17ClN4O2S. The monoisotopic (exact) mass is 436 g/mol. The molecule has 0 aliphatic heterocycles. The van der Waals surface area contributed by atoms with Gasteiger partial charge in [-0.05, 0) is 35.4 Å². The fourth-order valence-electron chi connectivity index (χ4n) is 3.04. The minimum atomic E-state index is -0.387. The van der Waals surface area contributed by atoms with Crippen molar-refractivity contribution in [3.63, 3.8) is 0 Å². The highest BCUT2D eigenvalue weighted by atomic mass is 35.5. The second kappa shape index (κ2) is 9.11. The molecule has 0 aliphatic rings. The Balaban J connectivity index is 1.64. The second-order valence-corrected chi connectivity index (χ2v) is 7.97. The van der Waals surface area contributed by atoms with Crippen LogP contribution < -0.4 is 0 Å². The van der Waals surface area contributed by atoms with Gasteiger partial charge in [-0.25, -0.2) is 0 Å². The van der Waals surface area contributed by atoms with Crippen LogP contribution in [0.4, 0.5) is 5.69 Å². The third-order valence-corrected chi connectivity index (χ3v) is 5.73. The Labute approximate surface area is 182 Å². The van der Waals surface area contributed by atoms with Crippen LogP contribution in [0.5, 0.6) is 0 Å². The van der Waals surface area contributed by atoms with E-state index in [-0.39, 0.29) is 10.6 Å². The van der Waals surface area contributed by atoms with Gasteiger partial charge in [-0.15, -0.1) is 10.2 Å². The molecule has 150 valence electrons. The molecule has 3 aromatic carbocycles. The van der Waals surface area contributed by atoms with Crippen molar-refractivity contribution in [1.82, 2.24) is 14.8 Å². The molecular weight excluding hydrogens is 420 g/mol. The molecule has 0 saturated carbocycles. The number of thioether (sulfide) groups is 1. The molecule has 0 saturated heterocycles. The minimum Gasteiger partial charge on any atom is -0.274 e. The van der Waals surface area contributed by atoms with Gasteiger partial charge in [0.1, 0.15) is 5.82 Å².